The van der Waals surface area contributed by atoms with Crippen molar-refractivity contribution in [3.05, 3.63) is 41.9 Å². The van der Waals surface area contributed by atoms with Gasteiger partial charge in [-0.3, -0.25) is 0 Å². The predicted molar refractivity (Wildman–Crippen MR) is 98.6 cm³/mol. The lowest BCUT2D eigenvalue weighted by atomic mass is 10.0. The van der Waals surface area contributed by atoms with Crippen molar-refractivity contribution in [2.75, 3.05) is 29.5 Å². The summed E-state index contributed by atoms with van der Waals surface area (Å²) in [6, 6.07) is 6.94. The average molecular weight is 377 g/mol. The van der Waals surface area contributed by atoms with Crippen LogP contribution >= 0.6 is 11.8 Å². The molecule has 138 valence electrons. The molecule has 2 aromatic rings. The second kappa shape index (κ2) is 7.57. The number of hydrogen-bond acceptors (Lipinski definition) is 7. The van der Waals surface area contributed by atoms with Crippen molar-refractivity contribution >= 4 is 23.2 Å². The Balaban J connectivity index is 1.41. The Labute approximate surface area is 155 Å². The third-order valence-corrected chi connectivity index (χ3v) is 5.51. The largest absolute Gasteiger partial charge is 0.468 e. The van der Waals surface area contributed by atoms with Gasteiger partial charge in [-0.25, -0.2) is 4.39 Å². The fraction of sp³-hybridized carbons (Fsp3) is 0.444. The summed E-state index contributed by atoms with van der Waals surface area (Å²) in [7, 11) is 0. The van der Waals surface area contributed by atoms with Crippen molar-refractivity contribution in [3.63, 3.8) is 0 Å². The topological polar surface area (TPSA) is 60.1 Å². The van der Waals surface area contributed by atoms with Crippen LogP contribution < -0.4 is 9.64 Å². The number of nitrogens with zero attached hydrogens (tertiary/aromatic N) is 3. The first-order chi connectivity index (χ1) is 12.7. The second-order valence-corrected chi connectivity index (χ2v) is 7.54. The second-order valence-electron chi connectivity index (χ2n) is 6.31. The summed E-state index contributed by atoms with van der Waals surface area (Å²) in [5.74, 6) is 2.26. The molecular formula is C18H20FN3O3S. The van der Waals surface area contributed by atoms with Gasteiger partial charge in [0.1, 0.15) is 18.2 Å². The number of ether oxygens (including phenoxy) is 1. The number of halogens is 1. The standard InChI is InChI=1S/C18H20FN3O3S/c1-12(24-18-4-7-23-21-18)17-11-15(20-25-17)13-2-3-16(14(19)10-13)22-5-8-26-9-6-22/h2-4,7,10,12,17H,5-6,8-9,11H2,1H3. The van der Waals surface area contributed by atoms with E-state index >= 15 is 0 Å². The van der Waals surface area contributed by atoms with E-state index in [4.69, 9.17) is 14.1 Å². The number of rotatable bonds is 5. The molecule has 1 aromatic heterocycles. The molecule has 0 bridgehead atoms. The zero-order valence-corrected chi connectivity index (χ0v) is 15.2. The van der Waals surface area contributed by atoms with E-state index in [-0.39, 0.29) is 18.0 Å². The van der Waals surface area contributed by atoms with Crippen LogP contribution in [0.3, 0.4) is 0 Å². The van der Waals surface area contributed by atoms with E-state index in [9.17, 15) is 4.39 Å². The van der Waals surface area contributed by atoms with Crippen molar-refractivity contribution in [1.82, 2.24) is 5.16 Å². The minimum absolute atomic E-state index is 0.215. The number of anilines is 1. The van der Waals surface area contributed by atoms with Crippen LogP contribution in [0.1, 0.15) is 18.9 Å². The van der Waals surface area contributed by atoms with E-state index in [0.29, 0.717) is 18.0 Å². The summed E-state index contributed by atoms with van der Waals surface area (Å²) in [5, 5.41) is 7.85. The highest BCUT2D eigenvalue weighted by Crippen LogP contribution is 2.27. The molecule has 0 spiro atoms. The molecule has 1 saturated heterocycles. The molecule has 0 N–H and O–H groups in total. The predicted octanol–water partition coefficient (Wildman–Crippen LogP) is 3.33. The van der Waals surface area contributed by atoms with Crippen molar-refractivity contribution < 1.29 is 18.5 Å². The van der Waals surface area contributed by atoms with Crippen molar-refractivity contribution in [2.24, 2.45) is 5.16 Å². The molecule has 2 unspecified atom stereocenters. The van der Waals surface area contributed by atoms with E-state index in [1.54, 1.807) is 12.1 Å². The van der Waals surface area contributed by atoms with Crippen molar-refractivity contribution in [3.8, 4) is 5.88 Å². The molecule has 3 heterocycles. The van der Waals surface area contributed by atoms with Crippen LogP contribution in [-0.2, 0) is 4.84 Å². The van der Waals surface area contributed by atoms with Gasteiger partial charge in [-0.15, -0.1) is 0 Å². The fourth-order valence-electron chi connectivity index (χ4n) is 3.09. The highest BCUT2D eigenvalue weighted by molar-refractivity contribution is 7.99. The molecule has 0 amide bonds. The van der Waals surface area contributed by atoms with Gasteiger partial charge < -0.3 is 19.0 Å². The van der Waals surface area contributed by atoms with E-state index < -0.39 is 0 Å². The zero-order chi connectivity index (χ0) is 17.9. The van der Waals surface area contributed by atoms with Crippen molar-refractivity contribution in [2.45, 2.75) is 25.6 Å². The fourth-order valence-corrected chi connectivity index (χ4v) is 4.00. The summed E-state index contributed by atoms with van der Waals surface area (Å²) in [5.41, 5.74) is 2.13. The maximum Gasteiger partial charge on any atom is 0.254 e. The molecule has 8 heteroatoms. The Morgan fingerprint density at radius 2 is 2.15 bits per heavy atom. The summed E-state index contributed by atoms with van der Waals surface area (Å²) in [4.78, 5) is 7.58. The zero-order valence-electron chi connectivity index (χ0n) is 14.4. The molecule has 2 aliphatic heterocycles. The molecule has 2 atom stereocenters. The van der Waals surface area contributed by atoms with Gasteiger partial charge in [-0.2, -0.15) is 11.8 Å². The molecule has 6 nitrogen and oxygen atoms in total. The lowest BCUT2D eigenvalue weighted by Gasteiger charge is -2.28. The lowest BCUT2D eigenvalue weighted by Crippen LogP contribution is -2.33. The molecule has 0 radical (unpaired) electrons. The molecule has 0 saturated carbocycles. The van der Waals surface area contributed by atoms with Gasteiger partial charge in [-0.1, -0.05) is 11.2 Å². The molecule has 1 aromatic carbocycles. The summed E-state index contributed by atoms with van der Waals surface area (Å²) < 4.78 is 25.0. The lowest BCUT2D eigenvalue weighted by molar-refractivity contribution is 0.00110. The normalized spacial score (nSPS) is 21.2. The Bertz CT molecular complexity index is 778. The number of oxime groups is 1. The summed E-state index contributed by atoms with van der Waals surface area (Å²) >= 11 is 1.90. The first-order valence-corrected chi connectivity index (χ1v) is 9.78. The Morgan fingerprint density at radius 1 is 1.31 bits per heavy atom. The van der Waals surface area contributed by atoms with E-state index in [2.05, 4.69) is 15.2 Å². The minimum Gasteiger partial charge on any atom is -0.468 e. The Kier molecular flexibility index (Phi) is 5.01. The number of thioether (sulfide) groups is 1. The monoisotopic (exact) mass is 377 g/mol. The highest BCUT2D eigenvalue weighted by Gasteiger charge is 2.30. The van der Waals surface area contributed by atoms with Gasteiger partial charge in [0.2, 0.25) is 0 Å². The molecule has 2 aliphatic rings. The first kappa shape index (κ1) is 17.2. The maximum absolute atomic E-state index is 14.6. The third kappa shape index (κ3) is 3.65. The van der Waals surface area contributed by atoms with Gasteiger partial charge in [0.15, 0.2) is 6.10 Å². The van der Waals surface area contributed by atoms with Gasteiger partial charge in [0.25, 0.3) is 5.88 Å². The van der Waals surface area contributed by atoms with Crippen LogP contribution in [0.2, 0.25) is 0 Å². The summed E-state index contributed by atoms with van der Waals surface area (Å²) in [6.07, 6.45) is 1.50. The SMILES string of the molecule is CC(Oc1ccon1)C1CC(c2ccc(N3CCSCC3)c(F)c2)=NO1. The van der Waals surface area contributed by atoms with E-state index in [0.717, 1.165) is 35.9 Å². The van der Waals surface area contributed by atoms with Crippen LogP contribution in [-0.4, -0.2) is 47.7 Å². The first-order valence-electron chi connectivity index (χ1n) is 8.63. The van der Waals surface area contributed by atoms with Crippen LogP contribution in [0.25, 0.3) is 0 Å². The smallest absolute Gasteiger partial charge is 0.254 e. The van der Waals surface area contributed by atoms with Gasteiger partial charge in [-0.05, 0) is 24.2 Å². The minimum atomic E-state index is -0.253. The maximum atomic E-state index is 14.6. The molecular weight excluding hydrogens is 357 g/mol. The Morgan fingerprint density at radius 3 is 2.88 bits per heavy atom. The number of hydrogen-bond donors (Lipinski definition) is 0. The van der Waals surface area contributed by atoms with Gasteiger partial charge in [0.05, 0.1) is 11.4 Å². The molecule has 26 heavy (non-hydrogen) atoms. The average Bonchev–Trinajstić information content (AvgIpc) is 3.34. The van der Waals surface area contributed by atoms with Crippen LogP contribution in [0.5, 0.6) is 5.88 Å². The van der Waals surface area contributed by atoms with E-state index in [1.165, 1.54) is 6.26 Å². The molecule has 4 rings (SSSR count). The van der Waals surface area contributed by atoms with E-state index in [1.807, 2.05) is 30.8 Å². The third-order valence-electron chi connectivity index (χ3n) is 4.57. The van der Waals surface area contributed by atoms with Crippen LogP contribution in [0.15, 0.2) is 40.2 Å². The van der Waals surface area contributed by atoms with Crippen molar-refractivity contribution in [1.29, 1.82) is 0 Å². The van der Waals surface area contributed by atoms with Gasteiger partial charge in [0, 0.05) is 42.6 Å². The molecule has 1 fully saturated rings. The number of benzene rings is 1. The highest BCUT2D eigenvalue weighted by atomic mass is 32.2. The van der Waals surface area contributed by atoms with Crippen LogP contribution in [0, 0.1) is 5.82 Å². The molecule has 0 aliphatic carbocycles. The number of aromatic nitrogens is 1. The Hall–Kier alpha value is -2.22. The van der Waals surface area contributed by atoms with Gasteiger partial charge >= 0.3 is 0 Å². The van der Waals surface area contributed by atoms with Crippen LogP contribution in [0.4, 0.5) is 10.1 Å². The summed E-state index contributed by atoms with van der Waals surface area (Å²) in [6.45, 7) is 3.64. The quantitative estimate of drug-likeness (QED) is 0.797.